The van der Waals surface area contributed by atoms with Crippen molar-refractivity contribution in [1.29, 1.82) is 0 Å². The third-order valence-electron chi connectivity index (χ3n) is 4.98. The maximum Gasteiger partial charge on any atom is 0.0510 e. The lowest BCUT2D eigenvalue weighted by molar-refractivity contribution is 0.0576. The fraction of sp³-hybridized carbons (Fsp3) is 0.882. The van der Waals surface area contributed by atoms with E-state index in [2.05, 4.69) is 34.6 Å². The lowest BCUT2D eigenvalue weighted by Gasteiger charge is -2.29. The van der Waals surface area contributed by atoms with Gasteiger partial charge in [0.25, 0.3) is 0 Å². The summed E-state index contributed by atoms with van der Waals surface area (Å²) in [7, 11) is 0. The number of hydrogen-bond donors (Lipinski definition) is 0. The van der Waals surface area contributed by atoms with Gasteiger partial charge >= 0.3 is 0 Å². The van der Waals surface area contributed by atoms with Crippen LogP contribution in [0.25, 0.3) is 0 Å². The largest absolute Gasteiger partial charge is 0.138 e. The van der Waals surface area contributed by atoms with Crippen LogP contribution in [-0.4, -0.2) is 18.2 Å². The van der Waals surface area contributed by atoms with Crippen molar-refractivity contribution in [1.82, 2.24) is 5.12 Å². The molecule has 3 unspecified atom stereocenters. The van der Waals surface area contributed by atoms with Gasteiger partial charge in [-0.3, -0.25) is 0 Å². The molecule has 0 radical (unpaired) electrons. The molecule has 0 bridgehead atoms. The van der Waals surface area contributed by atoms with Crippen LogP contribution >= 0.6 is 0 Å². The van der Waals surface area contributed by atoms with Crippen LogP contribution < -0.4 is 0 Å². The van der Waals surface area contributed by atoms with E-state index in [-0.39, 0.29) is 0 Å². The van der Waals surface area contributed by atoms with Crippen molar-refractivity contribution in [2.24, 2.45) is 17.8 Å². The zero-order valence-corrected chi connectivity index (χ0v) is 13.5. The quantitative estimate of drug-likeness (QED) is 0.422. The minimum Gasteiger partial charge on any atom is -0.138 e. The van der Waals surface area contributed by atoms with E-state index in [1.54, 1.807) is 0 Å². The van der Waals surface area contributed by atoms with Crippen LogP contribution in [0.5, 0.6) is 0 Å². The lowest BCUT2D eigenvalue weighted by atomic mass is 9.76. The van der Waals surface area contributed by atoms with Crippen molar-refractivity contribution in [3.05, 3.63) is 11.1 Å². The number of nitrogens with zero attached hydrogens (tertiary/aromatic N) is 1. The fourth-order valence-electron chi connectivity index (χ4n) is 3.60. The van der Waals surface area contributed by atoms with Gasteiger partial charge < -0.3 is 0 Å². The SMILES string of the molecule is CCCC1=C(C(C)C(C)C(CC)CCC)CN(F)C1. The number of rotatable bonds is 8. The average molecular weight is 269 g/mol. The van der Waals surface area contributed by atoms with Gasteiger partial charge in [0.2, 0.25) is 0 Å². The monoisotopic (exact) mass is 269 g/mol. The van der Waals surface area contributed by atoms with Crippen LogP contribution in [0.3, 0.4) is 0 Å². The second-order valence-electron chi connectivity index (χ2n) is 6.26. The van der Waals surface area contributed by atoms with E-state index in [9.17, 15) is 4.48 Å². The van der Waals surface area contributed by atoms with Crippen LogP contribution in [0.15, 0.2) is 11.1 Å². The van der Waals surface area contributed by atoms with E-state index < -0.39 is 0 Å². The summed E-state index contributed by atoms with van der Waals surface area (Å²) < 4.78 is 13.6. The summed E-state index contributed by atoms with van der Waals surface area (Å²) in [6.45, 7) is 12.5. The van der Waals surface area contributed by atoms with Crippen LogP contribution in [0, 0.1) is 17.8 Å². The molecule has 1 aliphatic heterocycles. The van der Waals surface area contributed by atoms with Gasteiger partial charge in [0, 0.05) is 0 Å². The summed E-state index contributed by atoms with van der Waals surface area (Å²) in [5.41, 5.74) is 2.77. The summed E-state index contributed by atoms with van der Waals surface area (Å²) in [5.74, 6) is 1.97. The summed E-state index contributed by atoms with van der Waals surface area (Å²) >= 11 is 0. The Labute approximate surface area is 119 Å². The summed E-state index contributed by atoms with van der Waals surface area (Å²) in [6.07, 6.45) is 6.00. The van der Waals surface area contributed by atoms with Crippen molar-refractivity contribution in [3.63, 3.8) is 0 Å². The summed E-state index contributed by atoms with van der Waals surface area (Å²) in [5, 5.41) is 0.990. The molecule has 0 saturated heterocycles. The van der Waals surface area contributed by atoms with E-state index in [0.717, 1.165) is 23.9 Å². The normalized spacial score (nSPS) is 21.8. The fourth-order valence-corrected chi connectivity index (χ4v) is 3.60. The van der Waals surface area contributed by atoms with Crippen molar-refractivity contribution < 1.29 is 4.48 Å². The molecule has 2 heteroatoms. The molecule has 0 aromatic carbocycles. The zero-order valence-electron chi connectivity index (χ0n) is 13.5. The second kappa shape index (κ2) is 8.04. The minimum absolute atomic E-state index is 0.527. The van der Waals surface area contributed by atoms with E-state index in [4.69, 9.17) is 0 Å². The second-order valence-corrected chi connectivity index (χ2v) is 6.26. The Hall–Kier alpha value is -0.370. The molecule has 0 aliphatic carbocycles. The van der Waals surface area contributed by atoms with Gasteiger partial charge in [-0.1, -0.05) is 65.9 Å². The molecule has 0 aromatic rings. The Morgan fingerprint density at radius 3 is 2.32 bits per heavy atom. The van der Waals surface area contributed by atoms with E-state index >= 15 is 0 Å². The molecule has 0 aromatic heterocycles. The van der Waals surface area contributed by atoms with Gasteiger partial charge in [-0.05, 0) is 29.7 Å². The molecule has 0 spiro atoms. The Morgan fingerprint density at radius 2 is 1.79 bits per heavy atom. The molecular weight excluding hydrogens is 237 g/mol. The number of hydrogen-bond acceptors (Lipinski definition) is 1. The Morgan fingerprint density at radius 1 is 1.11 bits per heavy atom. The van der Waals surface area contributed by atoms with Crippen LogP contribution in [-0.2, 0) is 0 Å². The molecule has 0 N–H and O–H groups in total. The maximum absolute atomic E-state index is 13.6. The van der Waals surface area contributed by atoms with Gasteiger partial charge in [0.15, 0.2) is 0 Å². The van der Waals surface area contributed by atoms with Crippen molar-refractivity contribution in [3.8, 4) is 0 Å². The number of halogens is 1. The van der Waals surface area contributed by atoms with Crippen molar-refractivity contribution in [2.45, 2.75) is 66.7 Å². The van der Waals surface area contributed by atoms with Crippen molar-refractivity contribution >= 4 is 0 Å². The summed E-state index contributed by atoms with van der Waals surface area (Å²) in [4.78, 5) is 0. The first kappa shape index (κ1) is 16.7. The summed E-state index contributed by atoms with van der Waals surface area (Å²) in [6, 6.07) is 0. The van der Waals surface area contributed by atoms with Crippen LogP contribution in [0.1, 0.15) is 66.7 Å². The van der Waals surface area contributed by atoms with Crippen molar-refractivity contribution in [2.75, 3.05) is 13.1 Å². The molecule has 1 heterocycles. The van der Waals surface area contributed by atoms with Gasteiger partial charge in [0.1, 0.15) is 0 Å². The van der Waals surface area contributed by atoms with E-state index in [1.807, 2.05) is 0 Å². The molecular formula is C17H32FN. The molecule has 3 atom stereocenters. The first-order valence-electron chi connectivity index (χ1n) is 8.16. The molecule has 0 fully saturated rings. The van der Waals surface area contributed by atoms with Gasteiger partial charge in [-0.2, -0.15) is 0 Å². The van der Waals surface area contributed by atoms with Gasteiger partial charge in [0.05, 0.1) is 13.1 Å². The molecule has 19 heavy (non-hydrogen) atoms. The van der Waals surface area contributed by atoms with E-state index in [0.29, 0.717) is 24.9 Å². The first-order valence-corrected chi connectivity index (χ1v) is 8.16. The highest BCUT2D eigenvalue weighted by Crippen LogP contribution is 2.36. The minimum atomic E-state index is 0.527. The Bertz CT molecular complexity index is 298. The highest BCUT2D eigenvalue weighted by Gasteiger charge is 2.30. The third kappa shape index (κ3) is 4.30. The molecule has 1 aliphatic rings. The Balaban J connectivity index is 2.78. The highest BCUT2D eigenvalue weighted by molar-refractivity contribution is 5.24. The zero-order chi connectivity index (χ0) is 14.4. The highest BCUT2D eigenvalue weighted by atomic mass is 19.2. The first-order chi connectivity index (χ1) is 9.04. The predicted octanol–water partition coefficient (Wildman–Crippen LogP) is 5.38. The van der Waals surface area contributed by atoms with Crippen LogP contribution in [0.4, 0.5) is 4.48 Å². The van der Waals surface area contributed by atoms with Crippen LogP contribution in [0.2, 0.25) is 0 Å². The molecule has 1 nitrogen and oxygen atoms in total. The van der Waals surface area contributed by atoms with E-state index in [1.165, 1.54) is 30.4 Å². The average Bonchev–Trinajstić information content (AvgIpc) is 2.75. The predicted molar refractivity (Wildman–Crippen MR) is 81.6 cm³/mol. The third-order valence-corrected chi connectivity index (χ3v) is 4.98. The topological polar surface area (TPSA) is 3.24 Å². The van der Waals surface area contributed by atoms with Gasteiger partial charge in [-0.15, -0.1) is 9.60 Å². The Kier molecular flexibility index (Phi) is 7.06. The molecule has 112 valence electrons. The molecule has 0 saturated carbocycles. The van der Waals surface area contributed by atoms with Gasteiger partial charge in [-0.25, -0.2) is 0 Å². The molecule has 1 rings (SSSR count). The standard InChI is InChI=1S/C17H32FN/c1-6-9-15(8-3)13(4)14(5)17-12-19(18)11-16(17)10-7-2/h13-15H,6-12H2,1-5H3. The smallest absolute Gasteiger partial charge is 0.0510 e. The lowest BCUT2D eigenvalue weighted by Crippen LogP contribution is -2.22. The maximum atomic E-state index is 13.6. The molecule has 0 amide bonds.